The second kappa shape index (κ2) is 6.09. The van der Waals surface area contributed by atoms with Crippen molar-refractivity contribution in [2.75, 3.05) is 5.32 Å². The summed E-state index contributed by atoms with van der Waals surface area (Å²) in [6.45, 7) is 2.10. The van der Waals surface area contributed by atoms with Crippen LogP contribution in [0, 0.1) is 12.8 Å². The highest BCUT2D eigenvalue weighted by Crippen LogP contribution is 2.30. The van der Waals surface area contributed by atoms with Gasteiger partial charge in [0.1, 0.15) is 5.65 Å². The number of aromatic nitrogens is 4. The van der Waals surface area contributed by atoms with E-state index >= 15 is 0 Å². The topological polar surface area (TPSA) is 64.2 Å². The number of amides is 1. The third kappa shape index (κ3) is 2.99. The van der Waals surface area contributed by atoms with Crippen molar-refractivity contribution < 1.29 is 4.79 Å². The van der Waals surface area contributed by atoms with E-state index in [1.54, 1.807) is 6.20 Å². The van der Waals surface area contributed by atoms with E-state index in [9.17, 15) is 4.79 Å². The summed E-state index contributed by atoms with van der Waals surface area (Å²) in [4.78, 5) is 16.5. The lowest BCUT2D eigenvalue weighted by atomic mass is 10.0. The Kier molecular flexibility index (Phi) is 3.57. The van der Waals surface area contributed by atoms with Crippen LogP contribution in [0.4, 0.5) is 5.82 Å². The second-order valence-corrected chi connectivity index (χ2v) is 7.02. The number of imidazole rings is 1. The predicted molar refractivity (Wildman–Crippen MR) is 104 cm³/mol. The molecule has 5 rings (SSSR count). The molecule has 1 N–H and O–H groups in total. The van der Waals surface area contributed by atoms with Crippen molar-refractivity contribution in [2.45, 2.75) is 19.8 Å². The highest BCUT2D eigenvalue weighted by atomic mass is 16.2. The molecule has 0 atom stereocenters. The minimum atomic E-state index is 0.0707. The van der Waals surface area contributed by atoms with Crippen molar-refractivity contribution in [3.8, 4) is 16.8 Å². The van der Waals surface area contributed by atoms with Crippen LogP contribution in [0.25, 0.3) is 22.5 Å². The zero-order valence-corrected chi connectivity index (χ0v) is 15.0. The van der Waals surface area contributed by atoms with Gasteiger partial charge >= 0.3 is 0 Å². The number of nitrogens with zero attached hydrogens (tertiary/aromatic N) is 4. The van der Waals surface area contributed by atoms with E-state index in [1.165, 1.54) is 5.56 Å². The van der Waals surface area contributed by atoms with Gasteiger partial charge in [-0.1, -0.05) is 6.07 Å². The first kappa shape index (κ1) is 15.8. The number of hydrogen-bond donors (Lipinski definition) is 1. The molecule has 0 unspecified atom stereocenters. The lowest BCUT2D eigenvalue weighted by Gasteiger charge is -2.10. The summed E-state index contributed by atoms with van der Waals surface area (Å²) in [7, 11) is 0. The summed E-state index contributed by atoms with van der Waals surface area (Å²) >= 11 is 0. The first-order chi connectivity index (χ1) is 13.2. The van der Waals surface area contributed by atoms with E-state index in [0.29, 0.717) is 5.82 Å². The molecular formula is C21H19N5O. The smallest absolute Gasteiger partial charge is 0.228 e. The van der Waals surface area contributed by atoms with Gasteiger partial charge in [0.15, 0.2) is 5.82 Å². The maximum Gasteiger partial charge on any atom is 0.228 e. The average Bonchev–Trinajstić information content (AvgIpc) is 3.23. The zero-order chi connectivity index (χ0) is 18.4. The first-order valence-electron chi connectivity index (χ1n) is 9.08. The van der Waals surface area contributed by atoms with Gasteiger partial charge in [-0.2, -0.15) is 5.10 Å². The molecule has 1 saturated carbocycles. The molecule has 27 heavy (non-hydrogen) atoms. The fourth-order valence-electron chi connectivity index (χ4n) is 3.27. The van der Waals surface area contributed by atoms with Crippen molar-refractivity contribution in [3.63, 3.8) is 0 Å². The number of carbonyl (C=O) groups is 1. The van der Waals surface area contributed by atoms with Gasteiger partial charge in [-0.3, -0.25) is 4.79 Å². The zero-order valence-electron chi connectivity index (χ0n) is 15.0. The SMILES string of the molecule is Cc1ccc(-n2cccn2)cc1-c1ccc2nc(NC(=O)C3CC3)cn2c1. The predicted octanol–water partition coefficient (Wildman–Crippen LogP) is 3.84. The normalized spacial score (nSPS) is 13.8. The highest BCUT2D eigenvalue weighted by Gasteiger charge is 2.30. The van der Waals surface area contributed by atoms with Crippen LogP contribution in [0.15, 0.2) is 61.2 Å². The first-order valence-corrected chi connectivity index (χ1v) is 9.08. The minimum Gasteiger partial charge on any atom is -0.309 e. The van der Waals surface area contributed by atoms with Gasteiger partial charge < -0.3 is 9.72 Å². The van der Waals surface area contributed by atoms with Gasteiger partial charge in [0, 0.05) is 24.5 Å². The molecule has 1 fully saturated rings. The van der Waals surface area contributed by atoms with Crippen LogP contribution < -0.4 is 5.32 Å². The lowest BCUT2D eigenvalue weighted by molar-refractivity contribution is -0.117. The number of hydrogen-bond acceptors (Lipinski definition) is 3. The summed E-state index contributed by atoms with van der Waals surface area (Å²) in [5, 5.41) is 7.22. The van der Waals surface area contributed by atoms with Crippen LogP contribution in [-0.2, 0) is 4.79 Å². The Labute approximate surface area is 156 Å². The number of carbonyl (C=O) groups excluding carboxylic acids is 1. The molecule has 0 radical (unpaired) electrons. The van der Waals surface area contributed by atoms with Gasteiger partial charge in [0.2, 0.25) is 5.91 Å². The summed E-state index contributed by atoms with van der Waals surface area (Å²) in [6.07, 6.45) is 9.58. The van der Waals surface area contributed by atoms with Gasteiger partial charge in [-0.25, -0.2) is 9.67 Å². The van der Waals surface area contributed by atoms with Crippen molar-refractivity contribution >= 4 is 17.4 Å². The van der Waals surface area contributed by atoms with Gasteiger partial charge in [-0.05, 0) is 66.8 Å². The van der Waals surface area contributed by atoms with Crippen molar-refractivity contribution in [2.24, 2.45) is 5.92 Å². The molecule has 0 aliphatic heterocycles. The molecule has 3 aromatic heterocycles. The van der Waals surface area contributed by atoms with Crippen LogP contribution in [0.3, 0.4) is 0 Å². The Balaban J connectivity index is 1.51. The quantitative estimate of drug-likeness (QED) is 0.603. The molecule has 1 aliphatic carbocycles. The lowest BCUT2D eigenvalue weighted by Crippen LogP contribution is -2.13. The number of fused-ring (bicyclic) bond motifs is 1. The second-order valence-electron chi connectivity index (χ2n) is 7.02. The molecule has 1 aliphatic rings. The van der Waals surface area contributed by atoms with Crippen LogP contribution in [0.2, 0.25) is 0 Å². The number of nitrogens with one attached hydrogen (secondary N) is 1. The number of aryl methyl sites for hydroxylation is 1. The van der Waals surface area contributed by atoms with Gasteiger partial charge in [-0.15, -0.1) is 0 Å². The average molecular weight is 357 g/mol. The summed E-state index contributed by atoms with van der Waals surface area (Å²) in [6, 6.07) is 12.2. The molecule has 4 aromatic rings. The number of pyridine rings is 1. The fraction of sp³-hybridized carbons (Fsp3) is 0.190. The molecule has 0 saturated heterocycles. The molecule has 1 amide bonds. The van der Waals surface area contributed by atoms with Gasteiger partial charge in [0.25, 0.3) is 0 Å². The Bertz CT molecular complexity index is 1140. The molecule has 134 valence electrons. The molecule has 1 aromatic carbocycles. The van der Waals surface area contributed by atoms with Crippen LogP contribution in [0.1, 0.15) is 18.4 Å². The van der Waals surface area contributed by atoms with E-state index in [4.69, 9.17) is 0 Å². The monoisotopic (exact) mass is 357 g/mol. The van der Waals surface area contributed by atoms with Crippen molar-refractivity contribution in [1.82, 2.24) is 19.2 Å². The molecule has 6 nitrogen and oxygen atoms in total. The number of benzene rings is 1. The Hall–Kier alpha value is -3.41. The van der Waals surface area contributed by atoms with E-state index < -0.39 is 0 Å². The largest absolute Gasteiger partial charge is 0.309 e. The third-order valence-electron chi connectivity index (χ3n) is 4.95. The van der Waals surface area contributed by atoms with Crippen LogP contribution in [0.5, 0.6) is 0 Å². The standard InChI is InChI=1S/C21H19N5O/c1-14-3-7-17(26-10-2-9-22-26)11-18(14)16-6-8-20-23-19(13-25(20)12-16)24-21(27)15-4-5-15/h2-3,6-13,15H,4-5H2,1H3,(H,24,27). The molecule has 0 spiro atoms. The summed E-state index contributed by atoms with van der Waals surface area (Å²) < 4.78 is 3.81. The third-order valence-corrected chi connectivity index (χ3v) is 4.95. The number of rotatable bonds is 4. The Morgan fingerprint density at radius 2 is 2.07 bits per heavy atom. The van der Waals surface area contributed by atoms with Crippen molar-refractivity contribution in [3.05, 3.63) is 66.7 Å². The highest BCUT2D eigenvalue weighted by molar-refractivity contribution is 5.93. The van der Waals surface area contributed by atoms with Crippen LogP contribution in [-0.4, -0.2) is 25.1 Å². The maximum atomic E-state index is 12.0. The summed E-state index contributed by atoms with van der Waals surface area (Å²) in [5.74, 6) is 0.838. The molecule has 3 heterocycles. The van der Waals surface area contributed by atoms with E-state index in [-0.39, 0.29) is 11.8 Å². The summed E-state index contributed by atoms with van der Waals surface area (Å²) in [5.41, 5.74) is 5.25. The molecule has 0 bridgehead atoms. The van der Waals surface area contributed by atoms with E-state index in [2.05, 4.69) is 46.6 Å². The molecule has 6 heteroatoms. The van der Waals surface area contributed by atoms with E-state index in [0.717, 1.165) is 35.3 Å². The van der Waals surface area contributed by atoms with E-state index in [1.807, 2.05) is 39.8 Å². The molecular weight excluding hydrogens is 338 g/mol. The van der Waals surface area contributed by atoms with Crippen LogP contribution >= 0.6 is 0 Å². The number of anilines is 1. The van der Waals surface area contributed by atoms with Crippen molar-refractivity contribution in [1.29, 1.82) is 0 Å². The Morgan fingerprint density at radius 1 is 1.19 bits per heavy atom. The van der Waals surface area contributed by atoms with Gasteiger partial charge in [0.05, 0.1) is 11.9 Å². The fourth-order valence-corrected chi connectivity index (χ4v) is 3.27. The minimum absolute atomic E-state index is 0.0707. The maximum absolute atomic E-state index is 12.0. The Morgan fingerprint density at radius 3 is 2.85 bits per heavy atom.